The first-order valence-electron chi connectivity index (χ1n) is 8.12. The molecule has 2 aromatic heterocycles. The minimum Gasteiger partial charge on any atom is -0.354 e. The Hall–Kier alpha value is -1.73. The summed E-state index contributed by atoms with van der Waals surface area (Å²) in [6.45, 7) is 14.7. The van der Waals surface area contributed by atoms with Crippen LogP contribution >= 0.6 is 15.9 Å². The number of aromatic nitrogens is 4. The number of rotatable bonds is 4. The van der Waals surface area contributed by atoms with E-state index in [2.05, 4.69) is 53.4 Å². The zero-order valence-corrected chi connectivity index (χ0v) is 16.0. The molecule has 0 N–H and O–H groups in total. The molecular weight excluding hydrogens is 368 g/mol. The number of hydrogen-bond acceptors (Lipinski definition) is 5. The van der Waals surface area contributed by atoms with Gasteiger partial charge in [-0.25, -0.2) is 14.6 Å². The van der Waals surface area contributed by atoms with Crippen LogP contribution in [-0.4, -0.2) is 57.4 Å². The van der Waals surface area contributed by atoms with E-state index < -0.39 is 0 Å². The lowest BCUT2D eigenvalue weighted by Gasteiger charge is -2.35. The highest BCUT2D eigenvalue weighted by molar-refractivity contribution is 9.11. The summed E-state index contributed by atoms with van der Waals surface area (Å²) >= 11 is 3.44. The lowest BCUT2D eigenvalue weighted by Crippen LogP contribution is -2.47. The van der Waals surface area contributed by atoms with Crippen LogP contribution in [0.1, 0.15) is 17.2 Å². The fraction of sp³-hybridized carbons (Fsp3) is 0.471. The first-order chi connectivity index (χ1) is 11.4. The molecule has 24 heavy (non-hydrogen) atoms. The van der Waals surface area contributed by atoms with Crippen LogP contribution in [0.25, 0.3) is 5.82 Å². The maximum atomic E-state index is 4.63. The van der Waals surface area contributed by atoms with Gasteiger partial charge in [0, 0.05) is 49.0 Å². The molecule has 0 unspecified atom stereocenters. The van der Waals surface area contributed by atoms with E-state index in [1.54, 1.807) is 0 Å². The summed E-state index contributed by atoms with van der Waals surface area (Å²) in [6, 6.07) is 4.09. The third kappa shape index (κ3) is 3.84. The molecule has 2 aromatic rings. The van der Waals surface area contributed by atoms with E-state index in [0.717, 1.165) is 66.1 Å². The second-order valence-electron chi connectivity index (χ2n) is 6.25. The Kier molecular flexibility index (Phi) is 5.01. The Morgan fingerprint density at radius 2 is 1.75 bits per heavy atom. The van der Waals surface area contributed by atoms with Gasteiger partial charge in [0.1, 0.15) is 11.6 Å². The van der Waals surface area contributed by atoms with Crippen LogP contribution in [0.3, 0.4) is 0 Å². The summed E-state index contributed by atoms with van der Waals surface area (Å²) in [5, 5.41) is 4.54. The number of piperazine rings is 1. The van der Waals surface area contributed by atoms with Gasteiger partial charge in [-0.3, -0.25) is 4.90 Å². The fourth-order valence-corrected chi connectivity index (χ4v) is 3.40. The lowest BCUT2D eigenvalue weighted by molar-refractivity contribution is 0.282. The number of hydrogen-bond donors (Lipinski definition) is 0. The Morgan fingerprint density at radius 3 is 2.33 bits per heavy atom. The molecule has 0 bridgehead atoms. The smallest absolute Gasteiger partial charge is 0.159 e. The van der Waals surface area contributed by atoms with Gasteiger partial charge in [-0.1, -0.05) is 22.5 Å². The van der Waals surface area contributed by atoms with Gasteiger partial charge >= 0.3 is 0 Å². The standard InChI is InChI=1S/C17H23BrN6/c1-12(18)11-22-5-7-23(8-6-22)16-10-17(20-15(4)19-16)24-14(3)9-13(2)21-24/h9-10H,1,5-8,11H2,2-4H3. The average molecular weight is 391 g/mol. The van der Waals surface area contributed by atoms with Crippen molar-refractivity contribution in [2.75, 3.05) is 37.6 Å². The van der Waals surface area contributed by atoms with Crippen molar-refractivity contribution in [2.45, 2.75) is 20.8 Å². The quantitative estimate of drug-likeness (QED) is 0.802. The van der Waals surface area contributed by atoms with Crippen molar-refractivity contribution in [1.82, 2.24) is 24.6 Å². The molecule has 1 fully saturated rings. The van der Waals surface area contributed by atoms with Crippen molar-refractivity contribution < 1.29 is 0 Å². The third-order valence-corrected chi connectivity index (χ3v) is 4.38. The van der Waals surface area contributed by atoms with Crippen molar-refractivity contribution in [3.63, 3.8) is 0 Å². The Bertz CT molecular complexity index is 746. The van der Waals surface area contributed by atoms with E-state index in [1.165, 1.54) is 0 Å². The second kappa shape index (κ2) is 7.03. The van der Waals surface area contributed by atoms with Crippen LogP contribution in [0.2, 0.25) is 0 Å². The average Bonchev–Trinajstić information content (AvgIpc) is 2.85. The van der Waals surface area contributed by atoms with Crippen LogP contribution in [0, 0.1) is 20.8 Å². The molecule has 3 rings (SSSR count). The minimum absolute atomic E-state index is 0.770. The SMILES string of the molecule is C=C(Br)CN1CCN(c2cc(-n3nc(C)cc3C)nc(C)n2)CC1. The van der Waals surface area contributed by atoms with Crippen LogP contribution < -0.4 is 4.90 Å². The van der Waals surface area contributed by atoms with Gasteiger partial charge in [0.25, 0.3) is 0 Å². The normalized spacial score (nSPS) is 15.8. The molecular formula is C17H23BrN6. The molecule has 128 valence electrons. The van der Waals surface area contributed by atoms with E-state index in [4.69, 9.17) is 0 Å². The van der Waals surface area contributed by atoms with Gasteiger partial charge in [-0.15, -0.1) is 0 Å². The van der Waals surface area contributed by atoms with Gasteiger partial charge in [0.2, 0.25) is 0 Å². The molecule has 0 spiro atoms. The van der Waals surface area contributed by atoms with Gasteiger partial charge in [-0.05, 0) is 26.8 Å². The van der Waals surface area contributed by atoms with E-state index in [9.17, 15) is 0 Å². The number of aryl methyl sites for hydroxylation is 3. The van der Waals surface area contributed by atoms with Crippen molar-refractivity contribution in [3.8, 4) is 5.82 Å². The highest BCUT2D eigenvalue weighted by atomic mass is 79.9. The fourth-order valence-electron chi connectivity index (χ4n) is 3.05. The third-order valence-electron chi connectivity index (χ3n) is 4.13. The zero-order valence-electron chi connectivity index (χ0n) is 14.5. The lowest BCUT2D eigenvalue weighted by atomic mass is 10.3. The second-order valence-corrected chi connectivity index (χ2v) is 7.37. The summed E-state index contributed by atoms with van der Waals surface area (Å²) in [5.41, 5.74) is 2.08. The largest absolute Gasteiger partial charge is 0.354 e. The highest BCUT2D eigenvalue weighted by Gasteiger charge is 2.19. The number of halogens is 1. The van der Waals surface area contributed by atoms with Crippen LogP contribution in [0.5, 0.6) is 0 Å². The van der Waals surface area contributed by atoms with Gasteiger partial charge < -0.3 is 4.90 Å². The van der Waals surface area contributed by atoms with Crippen LogP contribution in [0.15, 0.2) is 23.2 Å². The predicted molar refractivity (Wildman–Crippen MR) is 100 cm³/mol. The number of anilines is 1. The summed E-state index contributed by atoms with van der Waals surface area (Å²) < 4.78 is 2.92. The molecule has 0 aliphatic carbocycles. The van der Waals surface area contributed by atoms with Crippen molar-refractivity contribution in [3.05, 3.63) is 40.4 Å². The molecule has 0 atom stereocenters. The molecule has 0 saturated carbocycles. The van der Waals surface area contributed by atoms with Crippen molar-refractivity contribution >= 4 is 21.7 Å². The van der Waals surface area contributed by atoms with Gasteiger partial charge in [0.15, 0.2) is 5.82 Å². The van der Waals surface area contributed by atoms with Crippen molar-refractivity contribution in [1.29, 1.82) is 0 Å². The Labute approximate surface area is 151 Å². The summed E-state index contributed by atoms with van der Waals surface area (Å²) in [6.07, 6.45) is 0. The molecule has 0 aromatic carbocycles. The van der Waals surface area contributed by atoms with Crippen LogP contribution in [0.4, 0.5) is 5.82 Å². The maximum absolute atomic E-state index is 4.63. The predicted octanol–water partition coefficient (Wildman–Crippen LogP) is 2.62. The van der Waals surface area contributed by atoms with E-state index >= 15 is 0 Å². The molecule has 6 nitrogen and oxygen atoms in total. The van der Waals surface area contributed by atoms with Crippen molar-refractivity contribution in [2.24, 2.45) is 0 Å². The summed E-state index contributed by atoms with van der Waals surface area (Å²) in [5.74, 6) is 2.58. The maximum Gasteiger partial charge on any atom is 0.159 e. The van der Waals surface area contributed by atoms with E-state index in [-0.39, 0.29) is 0 Å². The van der Waals surface area contributed by atoms with E-state index in [1.807, 2.05) is 31.5 Å². The monoisotopic (exact) mass is 390 g/mol. The number of nitrogens with zero attached hydrogens (tertiary/aromatic N) is 6. The molecule has 1 aliphatic heterocycles. The summed E-state index contributed by atoms with van der Waals surface area (Å²) in [4.78, 5) is 13.9. The highest BCUT2D eigenvalue weighted by Crippen LogP contribution is 2.19. The molecule has 3 heterocycles. The molecule has 7 heteroatoms. The topological polar surface area (TPSA) is 50.1 Å². The molecule has 1 saturated heterocycles. The Morgan fingerprint density at radius 1 is 1.08 bits per heavy atom. The summed E-state index contributed by atoms with van der Waals surface area (Å²) in [7, 11) is 0. The van der Waals surface area contributed by atoms with Crippen LogP contribution in [-0.2, 0) is 0 Å². The molecule has 1 aliphatic rings. The molecule has 0 amide bonds. The first-order valence-corrected chi connectivity index (χ1v) is 8.91. The first kappa shape index (κ1) is 17.1. The zero-order chi connectivity index (χ0) is 17.3. The van der Waals surface area contributed by atoms with Gasteiger partial charge in [-0.2, -0.15) is 5.10 Å². The van der Waals surface area contributed by atoms with E-state index in [0.29, 0.717) is 0 Å². The molecule has 0 radical (unpaired) electrons. The minimum atomic E-state index is 0.770. The van der Waals surface area contributed by atoms with Gasteiger partial charge in [0.05, 0.1) is 5.69 Å². The Balaban J connectivity index is 1.80.